The molecule has 0 unspecified atom stereocenters. The van der Waals surface area contributed by atoms with Crippen LogP contribution in [0.4, 0.5) is 0 Å². The lowest BCUT2D eigenvalue weighted by atomic mass is 10.6. The molecule has 0 radical (unpaired) electrons. The first-order valence-electron chi connectivity index (χ1n) is 2.20. The normalized spacial score (nSPS) is 6.00. The summed E-state index contributed by atoms with van der Waals surface area (Å²) in [6.07, 6.45) is 1.25. The molecule has 0 bridgehead atoms. The van der Waals surface area contributed by atoms with Crippen molar-refractivity contribution < 1.29 is 0 Å². The van der Waals surface area contributed by atoms with Crippen LogP contribution in [-0.4, -0.2) is 5.11 Å². The van der Waals surface area contributed by atoms with Gasteiger partial charge in [0.1, 0.15) is 0 Å². The van der Waals surface area contributed by atoms with E-state index < -0.39 is 0 Å². The maximum Gasteiger partial charge on any atom is 0.160 e. The molecule has 0 heterocycles. The molecule has 0 atom stereocenters. The number of hydrogen-bond donors (Lipinski definition) is 2. The molecular formula is C4H12N2S. The molecule has 2 nitrogen and oxygen atoms in total. The van der Waals surface area contributed by atoms with Crippen LogP contribution in [0.3, 0.4) is 0 Å². The van der Waals surface area contributed by atoms with Crippen molar-refractivity contribution in [1.82, 2.24) is 0 Å². The lowest BCUT2D eigenvalue weighted by molar-refractivity contribution is 1.09. The van der Waals surface area contributed by atoms with Gasteiger partial charge in [-0.2, -0.15) is 0 Å². The highest BCUT2D eigenvalue weighted by atomic mass is 32.1. The third-order valence-electron chi connectivity index (χ3n) is 0. The van der Waals surface area contributed by atoms with Gasteiger partial charge in [-0.1, -0.05) is 20.3 Å². The molecule has 0 amide bonds. The van der Waals surface area contributed by atoms with E-state index in [1.54, 1.807) is 0 Å². The Morgan fingerprint density at radius 2 is 1.43 bits per heavy atom. The minimum absolute atomic E-state index is 0.000000000000000222. The van der Waals surface area contributed by atoms with Crippen molar-refractivity contribution in [3.63, 3.8) is 0 Å². The van der Waals surface area contributed by atoms with Crippen molar-refractivity contribution >= 4 is 17.3 Å². The molecule has 0 rings (SSSR count). The van der Waals surface area contributed by atoms with E-state index >= 15 is 0 Å². The SMILES string of the molecule is CCC.NC(N)=S. The molecule has 0 fully saturated rings. The molecule has 0 spiro atoms. The number of rotatable bonds is 0. The van der Waals surface area contributed by atoms with Crippen molar-refractivity contribution in [3.8, 4) is 0 Å². The highest BCUT2D eigenvalue weighted by Gasteiger charge is 1.53. The topological polar surface area (TPSA) is 52.0 Å². The second kappa shape index (κ2) is 9.19. The van der Waals surface area contributed by atoms with Crippen LogP contribution in [0, 0.1) is 0 Å². The summed E-state index contributed by atoms with van der Waals surface area (Å²) < 4.78 is 0. The van der Waals surface area contributed by atoms with Crippen LogP contribution in [0.5, 0.6) is 0 Å². The van der Waals surface area contributed by atoms with Crippen LogP contribution in [0.1, 0.15) is 20.3 Å². The van der Waals surface area contributed by atoms with Gasteiger partial charge in [-0.15, -0.1) is 0 Å². The van der Waals surface area contributed by atoms with E-state index in [-0.39, 0.29) is 5.11 Å². The van der Waals surface area contributed by atoms with Crippen molar-refractivity contribution in [2.75, 3.05) is 0 Å². The first-order valence-corrected chi connectivity index (χ1v) is 2.60. The van der Waals surface area contributed by atoms with E-state index in [1.807, 2.05) is 0 Å². The summed E-state index contributed by atoms with van der Waals surface area (Å²) in [5, 5.41) is 0.000000000000000222. The first-order chi connectivity index (χ1) is 3.15. The zero-order valence-electron chi connectivity index (χ0n) is 4.77. The number of hydrogen-bond acceptors (Lipinski definition) is 1. The molecular weight excluding hydrogens is 108 g/mol. The summed E-state index contributed by atoms with van der Waals surface area (Å²) in [6, 6.07) is 0. The Balaban J connectivity index is 0. The van der Waals surface area contributed by atoms with Gasteiger partial charge in [0, 0.05) is 0 Å². The molecule has 0 aliphatic rings. The molecule has 44 valence electrons. The number of thiocarbonyl (C=S) groups is 1. The standard InChI is InChI=1S/C3H8.CH4N2S/c1-3-2;2-1(3)4/h3H2,1-2H3;(H4,2,3,4). The zero-order chi connectivity index (χ0) is 6.28. The van der Waals surface area contributed by atoms with E-state index in [2.05, 4.69) is 37.5 Å². The molecule has 0 saturated carbocycles. The fourth-order valence-corrected chi connectivity index (χ4v) is 0. The minimum Gasteiger partial charge on any atom is -0.377 e. The van der Waals surface area contributed by atoms with Gasteiger partial charge in [-0.3, -0.25) is 0 Å². The average Bonchev–Trinajstić information content (AvgIpc) is 1.33. The van der Waals surface area contributed by atoms with Gasteiger partial charge in [0.15, 0.2) is 5.11 Å². The van der Waals surface area contributed by atoms with E-state index in [4.69, 9.17) is 0 Å². The van der Waals surface area contributed by atoms with Crippen LogP contribution in [0.15, 0.2) is 0 Å². The smallest absolute Gasteiger partial charge is 0.160 e. The van der Waals surface area contributed by atoms with Crippen LogP contribution >= 0.6 is 12.2 Å². The first kappa shape index (κ1) is 9.85. The molecule has 0 aromatic carbocycles. The minimum atomic E-state index is 0.000000000000000222. The lowest BCUT2D eigenvalue weighted by Crippen LogP contribution is -2.18. The molecule has 7 heavy (non-hydrogen) atoms. The second-order valence-electron chi connectivity index (χ2n) is 1.11. The predicted octanol–water partition coefficient (Wildman–Crippen LogP) is 0.605. The molecule has 0 aromatic rings. The molecule has 0 aromatic heterocycles. The lowest BCUT2D eigenvalue weighted by Gasteiger charge is -1.68. The van der Waals surface area contributed by atoms with E-state index in [0.29, 0.717) is 0 Å². The third kappa shape index (κ3) is 806. The monoisotopic (exact) mass is 120 g/mol. The maximum absolute atomic E-state index is 4.62. The second-order valence-corrected chi connectivity index (χ2v) is 1.58. The van der Waals surface area contributed by atoms with Gasteiger partial charge in [0.2, 0.25) is 0 Å². The predicted molar refractivity (Wildman–Crippen MR) is 36.9 cm³/mol. The van der Waals surface area contributed by atoms with Gasteiger partial charge in [-0.05, 0) is 12.2 Å². The Morgan fingerprint density at radius 1 is 1.43 bits per heavy atom. The summed E-state index contributed by atoms with van der Waals surface area (Å²) in [6.45, 7) is 4.25. The van der Waals surface area contributed by atoms with Crippen molar-refractivity contribution in [3.05, 3.63) is 0 Å². The summed E-state index contributed by atoms with van der Waals surface area (Å²) in [4.78, 5) is 0. The van der Waals surface area contributed by atoms with Crippen LogP contribution in [-0.2, 0) is 0 Å². The Hall–Kier alpha value is -0.310. The van der Waals surface area contributed by atoms with Crippen LogP contribution in [0.25, 0.3) is 0 Å². The summed E-state index contributed by atoms with van der Waals surface area (Å²) in [5.74, 6) is 0. The van der Waals surface area contributed by atoms with Crippen LogP contribution in [0.2, 0.25) is 0 Å². The van der Waals surface area contributed by atoms with Crippen LogP contribution < -0.4 is 11.5 Å². The van der Waals surface area contributed by atoms with Crippen molar-refractivity contribution in [2.45, 2.75) is 20.3 Å². The maximum atomic E-state index is 4.62. The molecule has 0 aliphatic carbocycles. The van der Waals surface area contributed by atoms with Crippen molar-refractivity contribution in [1.29, 1.82) is 0 Å². The highest BCUT2D eigenvalue weighted by Crippen LogP contribution is 1.56. The Bertz CT molecular complexity index is 41.0. The summed E-state index contributed by atoms with van der Waals surface area (Å²) in [5.41, 5.74) is 9.24. The van der Waals surface area contributed by atoms with Gasteiger partial charge in [-0.25, -0.2) is 0 Å². The Morgan fingerprint density at radius 3 is 1.43 bits per heavy atom. The third-order valence-corrected chi connectivity index (χ3v) is 0. The Labute approximate surface area is 49.9 Å². The number of nitrogens with two attached hydrogens (primary N) is 2. The largest absolute Gasteiger partial charge is 0.377 e. The van der Waals surface area contributed by atoms with Gasteiger partial charge in [0.25, 0.3) is 0 Å². The summed E-state index contributed by atoms with van der Waals surface area (Å²) in [7, 11) is 0. The average molecular weight is 120 g/mol. The molecule has 0 aliphatic heterocycles. The fraction of sp³-hybridized carbons (Fsp3) is 0.750. The zero-order valence-corrected chi connectivity index (χ0v) is 5.59. The molecule has 0 saturated heterocycles. The van der Waals surface area contributed by atoms with E-state index in [9.17, 15) is 0 Å². The quantitative estimate of drug-likeness (QED) is 0.460. The molecule has 4 N–H and O–H groups in total. The van der Waals surface area contributed by atoms with E-state index in [1.165, 1.54) is 6.42 Å². The van der Waals surface area contributed by atoms with Gasteiger partial charge >= 0.3 is 0 Å². The van der Waals surface area contributed by atoms with Crippen molar-refractivity contribution in [2.24, 2.45) is 11.5 Å². The molecule has 3 heteroatoms. The van der Waals surface area contributed by atoms with E-state index in [0.717, 1.165) is 0 Å². The fourth-order valence-electron chi connectivity index (χ4n) is 0. The Kier molecular flexibility index (Phi) is 12.9. The van der Waals surface area contributed by atoms with Gasteiger partial charge in [0.05, 0.1) is 0 Å². The van der Waals surface area contributed by atoms with Gasteiger partial charge < -0.3 is 11.5 Å². The summed E-state index contributed by atoms with van der Waals surface area (Å²) >= 11 is 4.09. The highest BCUT2D eigenvalue weighted by molar-refractivity contribution is 7.80.